The van der Waals surface area contributed by atoms with Crippen molar-refractivity contribution in [3.8, 4) is 5.69 Å². The number of nitrogens with one attached hydrogen (secondary N) is 1. The van der Waals surface area contributed by atoms with Crippen LogP contribution in [0.15, 0.2) is 47.4 Å². The number of carbonyl (C=O) groups excluding carboxylic acids is 2. The van der Waals surface area contributed by atoms with Gasteiger partial charge in [0.25, 0.3) is 11.3 Å². The minimum absolute atomic E-state index is 0.105. The lowest BCUT2D eigenvalue weighted by molar-refractivity contribution is -0.165. The molecule has 1 fully saturated rings. The van der Waals surface area contributed by atoms with E-state index in [9.17, 15) is 27.6 Å². The topological polar surface area (TPSA) is 76.3 Å². The van der Waals surface area contributed by atoms with E-state index in [0.717, 1.165) is 6.20 Å². The molecular formula is C20H21F3N4O3. The molecule has 0 spiro atoms. The van der Waals surface area contributed by atoms with Gasteiger partial charge in [-0.05, 0) is 31.9 Å². The van der Waals surface area contributed by atoms with E-state index in [1.807, 2.05) is 6.07 Å². The minimum atomic E-state index is -4.96. The van der Waals surface area contributed by atoms with E-state index in [0.29, 0.717) is 36.8 Å². The molecular weight excluding hydrogens is 401 g/mol. The number of benzene rings is 1. The van der Waals surface area contributed by atoms with Crippen LogP contribution in [0.3, 0.4) is 0 Å². The number of allylic oxidation sites excluding steroid dienone is 1. The fourth-order valence-electron chi connectivity index (χ4n) is 3.43. The molecule has 0 aliphatic carbocycles. The lowest BCUT2D eigenvalue weighted by Gasteiger charge is -2.21. The Labute approximate surface area is 170 Å². The lowest BCUT2D eigenvalue weighted by Crippen LogP contribution is -2.38. The summed E-state index contributed by atoms with van der Waals surface area (Å²) in [6, 6.07) is 8.13. The molecule has 1 aliphatic heterocycles. The molecule has 160 valence electrons. The van der Waals surface area contributed by atoms with Gasteiger partial charge in [-0.3, -0.25) is 19.1 Å². The Balaban J connectivity index is 1.82. The molecule has 1 saturated heterocycles. The first-order valence-electron chi connectivity index (χ1n) is 9.31. The van der Waals surface area contributed by atoms with Crippen molar-refractivity contribution in [2.24, 2.45) is 7.05 Å². The lowest BCUT2D eigenvalue weighted by atomic mass is 10.2. The van der Waals surface area contributed by atoms with Crippen molar-refractivity contribution >= 4 is 17.4 Å². The van der Waals surface area contributed by atoms with Gasteiger partial charge in [-0.2, -0.15) is 13.2 Å². The summed E-state index contributed by atoms with van der Waals surface area (Å²) in [6.07, 6.45) is -2.58. The molecule has 1 atom stereocenters. The van der Waals surface area contributed by atoms with Gasteiger partial charge in [0, 0.05) is 25.9 Å². The zero-order valence-electron chi connectivity index (χ0n) is 16.4. The minimum Gasteiger partial charge on any atom is -0.365 e. The predicted octanol–water partition coefficient (Wildman–Crippen LogP) is 2.53. The summed E-state index contributed by atoms with van der Waals surface area (Å²) < 4.78 is 40.2. The average Bonchev–Trinajstić information content (AvgIpc) is 3.25. The van der Waals surface area contributed by atoms with Crippen LogP contribution in [0.25, 0.3) is 5.69 Å². The Morgan fingerprint density at radius 1 is 1.20 bits per heavy atom. The molecule has 30 heavy (non-hydrogen) atoms. The van der Waals surface area contributed by atoms with E-state index < -0.39 is 29.5 Å². The van der Waals surface area contributed by atoms with Crippen molar-refractivity contribution in [3.63, 3.8) is 0 Å². The monoisotopic (exact) mass is 422 g/mol. The highest BCUT2D eigenvalue weighted by Gasteiger charge is 2.37. The van der Waals surface area contributed by atoms with Crippen LogP contribution >= 0.6 is 0 Å². The van der Waals surface area contributed by atoms with E-state index in [2.05, 4.69) is 5.32 Å². The van der Waals surface area contributed by atoms with Crippen molar-refractivity contribution in [1.82, 2.24) is 14.3 Å². The van der Waals surface area contributed by atoms with Gasteiger partial charge in [0.05, 0.1) is 11.4 Å². The summed E-state index contributed by atoms with van der Waals surface area (Å²) in [6.45, 7) is 2.02. The maximum atomic E-state index is 12.9. The van der Waals surface area contributed by atoms with Crippen LogP contribution in [0.4, 0.5) is 18.9 Å². The molecule has 0 saturated carbocycles. The van der Waals surface area contributed by atoms with Crippen LogP contribution in [0, 0.1) is 6.92 Å². The SMILES string of the molecule is Cc1c(NC(=O)[C@@H]2CCCN2/C=C/C(=O)C(F)(F)F)c(=O)n(-c2ccccc2)n1C. The number of rotatable bonds is 5. The van der Waals surface area contributed by atoms with Crippen molar-refractivity contribution in [3.05, 3.63) is 58.7 Å². The normalized spacial score (nSPS) is 17.0. The number of hydrogen-bond donors (Lipinski definition) is 1. The summed E-state index contributed by atoms with van der Waals surface area (Å²) in [5.41, 5.74) is 0.852. The highest BCUT2D eigenvalue weighted by atomic mass is 19.4. The molecule has 0 radical (unpaired) electrons. The van der Waals surface area contributed by atoms with Gasteiger partial charge in [-0.25, -0.2) is 4.68 Å². The Bertz CT molecular complexity index is 1040. The zero-order valence-corrected chi connectivity index (χ0v) is 16.4. The number of para-hydroxylation sites is 1. The van der Waals surface area contributed by atoms with Crippen LogP contribution in [0.5, 0.6) is 0 Å². The maximum absolute atomic E-state index is 12.9. The highest BCUT2D eigenvalue weighted by molar-refractivity contribution is 5.96. The van der Waals surface area contributed by atoms with Gasteiger partial charge in [0.2, 0.25) is 5.91 Å². The van der Waals surface area contributed by atoms with Gasteiger partial charge >= 0.3 is 6.18 Å². The quantitative estimate of drug-likeness (QED) is 0.752. The summed E-state index contributed by atoms with van der Waals surface area (Å²) in [7, 11) is 1.69. The molecule has 2 aromatic rings. The van der Waals surface area contributed by atoms with Crippen LogP contribution in [0.2, 0.25) is 0 Å². The number of halogens is 3. The van der Waals surface area contributed by atoms with E-state index in [4.69, 9.17) is 0 Å². The van der Waals surface area contributed by atoms with E-state index in [1.165, 1.54) is 9.58 Å². The van der Waals surface area contributed by atoms with Gasteiger partial charge < -0.3 is 10.2 Å². The summed E-state index contributed by atoms with van der Waals surface area (Å²) in [5, 5.41) is 2.62. The number of anilines is 1. The van der Waals surface area contributed by atoms with Gasteiger partial charge in [0.1, 0.15) is 11.7 Å². The van der Waals surface area contributed by atoms with Crippen LogP contribution in [-0.4, -0.2) is 44.7 Å². The van der Waals surface area contributed by atoms with Crippen LogP contribution in [-0.2, 0) is 16.6 Å². The van der Waals surface area contributed by atoms with E-state index in [1.54, 1.807) is 42.9 Å². The molecule has 7 nitrogen and oxygen atoms in total. The fraction of sp³-hybridized carbons (Fsp3) is 0.350. The van der Waals surface area contributed by atoms with Crippen molar-refractivity contribution < 1.29 is 22.8 Å². The number of amides is 1. The first kappa shape index (κ1) is 21.4. The van der Waals surface area contributed by atoms with Crippen LogP contribution < -0.4 is 10.9 Å². The molecule has 1 N–H and O–H groups in total. The van der Waals surface area contributed by atoms with E-state index >= 15 is 0 Å². The predicted molar refractivity (Wildman–Crippen MR) is 104 cm³/mol. The Morgan fingerprint density at radius 2 is 1.87 bits per heavy atom. The van der Waals surface area contributed by atoms with Crippen molar-refractivity contribution in [2.75, 3.05) is 11.9 Å². The maximum Gasteiger partial charge on any atom is 0.454 e. The van der Waals surface area contributed by atoms with Gasteiger partial charge in [0.15, 0.2) is 0 Å². The summed E-state index contributed by atoms with van der Waals surface area (Å²) in [4.78, 5) is 38.1. The Kier molecular flexibility index (Phi) is 5.86. The standard InChI is InChI=1S/C20H21F3N4O3/c1-13-17(19(30)27(25(13)2)14-7-4-3-5-8-14)24-18(29)15-9-6-11-26(15)12-10-16(28)20(21,22)23/h3-5,7-8,10,12,15H,6,9,11H2,1-2H3,(H,24,29)/b12-10+/t15-/m0/s1. The molecule has 3 rings (SSSR count). The molecule has 0 unspecified atom stereocenters. The van der Waals surface area contributed by atoms with Crippen molar-refractivity contribution in [1.29, 1.82) is 0 Å². The first-order valence-corrected chi connectivity index (χ1v) is 9.31. The smallest absolute Gasteiger partial charge is 0.365 e. The number of ketones is 1. The number of carbonyl (C=O) groups is 2. The zero-order chi connectivity index (χ0) is 22.1. The van der Waals surface area contributed by atoms with E-state index in [-0.39, 0.29) is 5.69 Å². The second-order valence-electron chi connectivity index (χ2n) is 7.00. The number of nitrogens with zero attached hydrogens (tertiary/aromatic N) is 3. The van der Waals surface area contributed by atoms with Crippen molar-refractivity contribution in [2.45, 2.75) is 32.0 Å². The molecule has 10 heteroatoms. The molecule has 1 aromatic carbocycles. The second-order valence-corrected chi connectivity index (χ2v) is 7.00. The Morgan fingerprint density at radius 3 is 2.50 bits per heavy atom. The molecule has 0 bridgehead atoms. The van der Waals surface area contributed by atoms with Gasteiger partial charge in [-0.15, -0.1) is 0 Å². The molecule has 2 heterocycles. The summed E-state index contributed by atoms with van der Waals surface area (Å²) >= 11 is 0. The Hall–Kier alpha value is -3.30. The molecule has 1 aromatic heterocycles. The number of alkyl halides is 3. The first-order chi connectivity index (χ1) is 14.1. The van der Waals surface area contributed by atoms with Gasteiger partial charge in [-0.1, -0.05) is 18.2 Å². The van der Waals surface area contributed by atoms with Crippen LogP contribution in [0.1, 0.15) is 18.5 Å². The molecule has 1 amide bonds. The summed E-state index contributed by atoms with van der Waals surface area (Å²) in [5.74, 6) is -2.50. The third-order valence-corrected chi connectivity index (χ3v) is 5.10. The number of likely N-dealkylation sites (tertiary alicyclic amines) is 1. The largest absolute Gasteiger partial charge is 0.454 e. The molecule has 1 aliphatic rings. The highest BCUT2D eigenvalue weighted by Crippen LogP contribution is 2.22. The third kappa shape index (κ3) is 4.17. The third-order valence-electron chi connectivity index (χ3n) is 5.10. The second kappa shape index (κ2) is 8.21. The number of aromatic nitrogens is 2. The number of hydrogen-bond acceptors (Lipinski definition) is 4. The fourth-order valence-corrected chi connectivity index (χ4v) is 3.43. The average molecular weight is 422 g/mol.